The third-order valence-corrected chi connectivity index (χ3v) is 3.55. The van der Waals surface area contributed by atoms with E-state index in [9.17, 15) is 4.79 Å². The monoisotopic (exact) mass is 175 g/mol. The highest BCUT2D eigenvalue weighted by Gasteiger charge is 2.45. The third kappa shape index (κ3) is 0.916. The zero-order chi connectivity index (χ0) is 8.84. The number of hydrogen-bond acceptors (Lipinski definition) is 1. The molecule has 0 radical (unpaired) electrons. The molecule has 3 unspecified atom stereocenters. The summed E-state index contributed by atoms with van der Waals surface area (Å²) in [6, 6.07) is 0.521. The second kappa shape index (κ2) is 2.47. The SMILES string of the molecule is O=C1CC2C3C=CC=CC3CCN12. The fourth-order valence-corrected chi connectivity index (χ4v) is 2.77. The lowest BCUT2D eigenvalue weighted by Crippen LogP contribution is -2.60. The maximum atomic E-state index is 11.2. The number of rotatable bonds is 0. The molecule has 2 heterocycles. The molecule has 2 nitrogen and oxygen atoms in total. The van der Waals surface area contributed by atoms with Crippen LogP contribution in [0.25, 0.3) is 0 Å². The van der Waals surface area contributed by atoms with Gasteiger partial charge in [0.25, 0.3) is 0 Å². The number of carbonyl (C=O) groups excluding carboxylic acids is 1. The summed E-state index contributed by atoms with van der Waals surface area (Å²) in [5.74, 6) is 1.65. The third-order valence-electron chi connectivity index (χ3n) is 3.55. The Balaban J connectivity index is 1.86. The number of amides is 1. The molecule has 0 aromatic carbocycles. The van der Waals surface area contributed by atoms with Gasteiger partial charge in [0.2, 0.25) is 5.91 Å². The Morgan fingerprint density at radius 2 is 2.15 bits per heavy atom. The fraction of sp³-hybridized carbons (Fsp3) is 0.545. The number of hydrogen-bond donors (Lipinski definition) is 0. The molecular formula is C11H13NO. The first-order chi connectivity index (χ1) is 6.36. The molecule has 68 valence electrons. The van der Waals surface area contributed by atoms with Gasteiger partial charge in [-0.1, -0.05) is 24.3 Å². The Morgan fingerprint density at radius 1 is 1.31 bits per heavy atom. The molecule has 1 amide bonds. The Bertz CT molecular complexity index is 305. The number of allylic oxidation sites excluding steroid dienone is 3. The van der Waals surface area contributed by atoms with Crippen molar-refractivity contribution in [3.05, 3.63) is 24.3 Å². The minimum absolute atomic E-state index is 0.353. The van der Waals surface area contributed by atoms with Crippen molar-refractivity contribution in [3.63, 3.8) is 0 Å². The zero-order valence-corrected chi connectivity index (χ0v) is 7.52. The van der Waals surface area contributed by atoms with Gasteiger partial charge in [0.1, 0.15) is 0 Å². The van der Waals surface area contributed by atoms with E-state index in [1.165, 1.54) is 0 Å². The number of nitrogens with zero attached hydrogens (tertiary/aromatic N) is 1. The number of β-lactam (4-membered cyclic amide) rings is 1. The van der Waals surface area contributed by atoms with Gasteiger partial charge in [0.15, 0.2) is 0 Å². The topological polar surface area (TPSA) is 20.3 Å². The average Bonchev–Trinajstić information content (AvgIpc) is 2.16. The Labute approximate surface area is 77.9 Å². The first-order valence-electron chi connectivity index (χ1n) is 5.01. The maximum absolute atomic E-state index is 11.2. The van der Waals surface area contributed by atoms with Gasteiger partial charge < -0.3 is 4.90 Å². The molecule has 0 aromatic rings. The number of piperidine rings is 1. The highest BCUT2D eigenvalue weighted by Crippen LogP contribution is 2.39. The van der Waals surface area contributed by atoms with Gasteiger partial charge in [0, 0.05) is 24.9 Å². The van der Waals surface area contributed by atoms with E-state index in [0.29, 0.717) is 23.8 Å². The van der Waals surface area contributed by atoms with Gasteiger partial charge >= 0.3 is 0 Å². The molecule has 2 saturated heterocycles. The molecule has 3 atom stereocenters. The van der Waals surface area contributed by atoms with Crippen molar-refractivity contribution in [3.8, 4) is 0 Å². The molecule has 2 fully saturated rings. The Hall–Kier alpha value is -1.05. The van der Waals surface area contributed by atoms with Crippen molar-refractivity contribution in [2.75, 3.05) is 6.54 Å². The van der Waals surface area contributed by atoms with Gasteiger partial charge in [-0.05, 0) is 12.3 Å². The number of fused-ring (bicyclic) bond motifs is 3. The van der Waals surface area contributed by atoms with Crippen molar-refractivity contribution < 1.29 is 4.79 Å². The maximum Gasteiger partial charge on any atom is 0.224 e. The van der Waals surface area contributed by atoms with Crippen molar-refractivity contribution >= 4 is 5.91 Å². The molecule has 1 aliphatic carbocycles. The lowest BCUT2D eigenvalue weighted by atomic mass is 9.72. The van der Waals surface area contributed by atoms with Crippen LogP contribution in [0.5, 0.6) is 0 Å². The van der Waals surface area contributed by atoms with Crippen LogP contribution in [0.3, 0.4) is 0 Å². The van der Waals surface area contributed by atoms with E-state index in [4.69, 9.17) is 0 Å². The smallest absolute Gasteiger partial charge is 0.224 e. The molecule has 13 heavy (non-hydrogen) atoms. The molecule has 2 aliphatic heterocycles. The largest absolute Gasteiger partial charge is 0.338 e. The predicted molar refractivity (Wildman–Crippen MR) is 50.0 cm³/mol. The molecule has 3 aliphatic rings. The van der Waals surface area contributed by atoms with Crippen LogP contribution in [0.15, 0.2) is 24.3 Å². The van der Waals surface area contributed by atoms with E-state index < -0.39 is 0 Å². The summed E-state index contributed by atoms with van der Waals surface area (Å²) >= 11 is 0. The van der Waals surface area contributed by atoms with E-state index in [1.54, 1.807) is 0 Å². The van der Waals surface area contributed by atoms with Crippen LogP contribution in [0.4, 0.5) is 0 Å². The Morgan fingerprint density at radius 3 is 3.00 bits per heavy atom. The lowest BCUT2D eigenvalue weighted by Gasteiger charge is -2.51. The normalized spacial score (nSPS) is 41.1. The van der Waals surface area contributed by atoms with E-state index in [2.05, 4.69) is 24.3 Å². The summed E-state index contributed by atoms with van der Waals surface area (Å²) in [6.07, 6.45) is 10.7. The summed E-state index contributed by atoms with van der Waals surface area (Å²) in [4.78, 5) is 13.3. The van der Waals surface area contributed by atoms with Crippen molar-refractivity contribution in [2.24, 2.45) is 11.8 Å². The average molecular weight is 175 g/mol. The molecule has 0 bridgehead atoms. The van der Waals surface area contributed by atoms with Gasteiger partial charge in [-0.3, -0.25) is 4.79 Å². The van der Waals surface area contributed by atoms with E-state index >= 15 is 0 Å². The summed E-state index contributed by atoms with van der Waals surface area (Å²) in [7, 11) is 0. The summed E-state index contributed by atoms with van der Waals surface area (Å²) in [5.41, 5.74) is 0. The van der Waals surface area contributed by atoms with Crippen LogP contribution in [0, 0.1) is 11.8 Å². The van der Waals surface area contributed by atoms with Crippen LogP contribution < -0.4 is 0 Å². The van der Waals surface area contributed by atoms with Crippen molar-refractivity contribution in [1.82, 2.24) is 4.90 Å². The highest BCUT2D eigenvalue weighted by atomic mass is 16.2. The second-order valence-electron chi connectivity index (χ2n) is 4.16. The Kier molecular flexibility index (Phi) is 1.40. The second-order valence-corrected chi connectivity index (χ2v) is 4.16. The standard InChI is InChI=1S/C11H13NO/c13-11-7-10-9-4-2-1-3-8(9)5-6-12(10)11/h1-4,8-10H,5-7H2. The minimum atomic E-state index is 0.353. The molecule has 0 spiro atoms. The molecule has 2 heteroatoms. The van der Waals surface area contributed by atoms with Gasteiger partial charge in [-0.2, -0.15) is 0 Å². The van der Waals surface area contributed by atoms with Crippen LogP contribution in [-0.4, -0.2) is 23.4 Å². The fourth-order valence-electron chi connectivity index (χ4n) is 2.77. The molecule has 0 aromatic heterocycles. The summed E-state index contributed by atoms with van der Waals surface area (Å²) in [5, 5.41) is 0. The minimum Gasteiger partial charge on any atom is -0.338 e. The van der Waals surface area contributed by atoms with Crippen LogP contribution >= 0.6 is 0 Å². The van der Waals surface area contributed by atoms with Crippen molar-refractivity contribution in [2.45, 2.75) is 18.9 Å². The van der Waals surface area contributed by atoms with E-state index in [-0.39, 0.29) is 0 Å². The first-order valence-corrected chi connectivity index (χ1v) is 5.01. The van der Waals surface area contributed by atoms with Gasteiger partial charge in [0.05, 0.1) is 0 Å². The van der Waals surface area contributed by atoms with Crippen LogP contribution in [0.1, 0.15) is 12.8 Å². The molecule has 0 N–H and O–H groups in total. The van der Waals surface area contributed by atoms with E-state index in [0.717, 1.165) is 19.4 Å². The zero-order valence-electron chi connectivity index (χ0n) is 7.52. The summed E-state index contributed by atoms with van der Waals surface area (Å²) < 4.78 is 0. The predicted octanol–water partition coefficient (Wildman–Crippen LogP) is 1.35. The quantitative estimate of drug-likeness (QED) is 0.509. The van der Waals surface area contributed by atoms with Gasteiger partial charge in [-0.15, -0.1) is 0 Å². The molecular weight excluding hydrogens is 162 g/mol. The first kappa shape index (κ1) is 7.36. The number of carbonyl (C=O) groups is 1. The summed E-state index contributed by atoms with van der Waals surface area (Å²) in [6.45, 7) is 0.975. The lowest BCUT2D eigenvalue weighted by molar-refractivity contribution is -0.152. The molecule has 3 rings (SSSR count). The highest BCUT2D eigenvalue weighted by molar-refractivity contribution is 5.83. The molecule has 0 saturated carbocycles. The van der Waals surface area contributed by atoms with Crippen molar-refractivity contribution in [1.29, 1.82) is 0 Å². The van der Waals surface area contributed by atoms with Gasteiger partial charge in [-0.25, -0.2) is 0 Å². The van der Waals surface area contributed by atoms with E-state index in [1.807, 2.05) is 4.90 Å². The van der Waals surface area contributed by atoms with Crippen LogP contribution in [0.2, 0.25) is 0 Å². The van der Waals surface area contributed by atoms with Crippen LogP contribution in [-0.2, 0) is 4.79 Å².